The molecule has 2 nitrogen and oxygen atoms in total. The van der Waals surface area contributed by atoms with Crippen LogP contribution >= 0.6 is 15.9 Å². The van der Waals surface area contributed by atoms with Crippen LogP contribution in [0.15, 0.2) is 21.2 Å². The molecule has 0 spiro atoms. The predicted octanol–water partition coefficient (Wildman–Crippen LogP) is 3.20. The summed E-state index contributed by atoms with van der Waals surface area (Å²) in [6.07, 6.45) is -3.75. The van der Waals surface area contributed by atoms with Crippen molar-refractivity contribution < 1.29 is 22.0 Å². The van der Waals surface area contributed by atoms with Gasteiger partial charge in [-0.1, -0.05) is 0 Å². The topological polar surface area (TPSA) is 25.2 Å². The quantitative estimate of drug-likeness (QED) is 0.861. The summed E-state index contributed by atoms with van der Waals surface area (Å²) >= 11 is 2.91. The number of nitrogens with one attached hydrogen (secondary N) is 1. The second kappa shape index (κ2) is 4.52. The number of rotatable bonds is 4. The summed E-state index contributed by atoms with van der Waals surface area (Å²) in [5.74, 6) is -4.42. The van der Waals surface area contributed by atoms with Crippen molar-refractivity contribution in [1.82, 2.24) is 5.32 Å². The van der Waals surface area contributed by atoms with Crippen molar-refractivity contribution in [2.75, 3.05) is 7.05 Å². The van der Waals surface area contributed by atoms with Gasteiger partial charge in [0.05, 0.1) is 0 Å². The number of halogens is 5. The van der Waals surface area contributed by atoms with E-state index in [0.29, 0.717) is 0 Å². The first kappa shape index (κ1) is 12.5. The van der Waals surface area contributed by atoms with Crippen molar-refractivity contribution in [2.45, 2.75) is 18.4 Å². The van der Waals surface area contributed by atoms with Gasteiger partial charge in [-0.3, -0.25) is 0 Å². The van der Waals surface area contributed by atoms with Gasteiger partial charge < -0.3 is 9.73 Å². The fourth-order valence-electron chi connectivity index (χ4n) is 1.13. The molecule has 7 heteroatoms. The van der Waals surface area contributed by atoms with Gasteiger partial charge in [-0.25, -0.2) is 8.78 Å². The largest absolute Gasteiger partial charge is 0.452 e. The first-order valence-electron chi connectivity index (χ1n) is 3.98. The van der Waals surface area contributed by atoms with Gasteiger partial charge in [0.2, 0.25) is 0 Å². The van der Waals surface area contributed by atoms with Crippen LogP contribution in [0, 0.1) is 0 Å². The number of furan rings is 1. The lowest BCUT2D eigenvalue weighted by atomic mass is 10.1. The molecule has 0 saturated carbocycles. The highest BCUT2D eigenvalue weighted by Gasteiger charge is 2.50. The standard InChI is InChI=1S/C8H8BrF4NO/c1-14-6(8(12,13)7(10)11)4-2-3-5(9)15-4/h2-3,6-7,14H,1H3. The molecule has 15 heavy (non-hydrogen) atoms. The van der Waals surface area contributed by atoms with Crippen LogP contribution < -0.4 is 5.32 Å². The summed E-state index contributed by atoms with van der Waals surface area (Å²) in [6, 6.07) is 0.728. The Bertz CT molecular complexity index is 328. The van der Waals surface area contributed by atoms with Gasteiger partial charge in [0, 0.05) is 0 Å². The van der Waals surface area contributed by atoms with E-state index >= 15 is 0 Å². The molecule has 0 fully saturated rings. The smallest absolute Gasteiger partial charge is 0.329 e. The molecule has 0 aliphatic heterocycles. The average Bonchev–Trinajstić information content (AvgIpc) is 2.52. The Morgan fingerprint density at radius 2 is 2.00 bits per heavy atom. The third kappa shape index (κ3) is 2.52. The zero-order valence-electron chi connectivity index (χ0n) is 7.61. The second-order valence-corrected chi connectivity index (χ2v) is 3.62. The van der Waals surface area contributed by atoms with E-state index in [2.05, 4.69) is 21.2 Å². The SMILES string of the molecule is CNC(c1ccc(Br)o1)C(F)(F)C(F)F. The monoisotopic (exact) mass is 289 g/mol. The van der Waals surface area contributed by atoms with Crippen LogP contribution in [0.1, 0.15) is 11.8 Å². The van der Waals surface area contributed by atoms with E-state index in [9.17, 15) is 17.6 Å². The zero-order chi connectivity index (χ0) is 11.6. The summed E-state index contributed by atoms with van der Waals surface area (Å²) in [5.41, 5.74) is 0. The Kier molecular flexibility index (Phi) is 3.77. The molecular formula is C8H8BrF4NO. The summed E-state index contributed by atoms with van der Waals surface area (Å²) in [5, 5.41) is 2.11. The van der Waals surface area contributed by atoms with Gasteiger partial charge in [-0.05, 0) is 35.1 Å². The highest BCUT2D eigenvalue weighted by atomic mass is 79.9. The van der Waals surface area contributed by atoms with Crippen LogP contribution in [-0.2, 0) is 0 Å². The third-order valence-electron chi connectivity index (χ3n) is 1.84. The molecule has 0 radical (unpaired) electrons. The lowest BCUT2D eigenvalue weighted by Crippen LogP contribution is -2.40. The molecule has 1 rings (SSSR count). The van der Waals surface area contributed by atoms with Gasteiger partial charge >= 0.3 is 12.3 Å². The van der Waals surface area contributed by atoms with Crippen molar-refractivity contribution in [2.24, 2.45) is 0 Å². The molecule has 1 atom stereocenters. The molecule has 1 aromatic rings. The van der Waals surface area contributed by atoms with Gasteiger partial charge in [-0.15, -0.1) is 0 Å². The molecule has 86 valence electrons. The summed E-state index contributed by atoms with van der Waals surface area (Å²) in [6.45, 7) is 0. The number of hydrogen-bond acceptors (Lipinski definition) is 2. The maximum absolute atomic E-state index is 13.0. The molecule has 0 amide bonds. The number of hydrogen-bond donors (Lipinski definition) is 1. The molecule has 0 saturated heterocycles. The molecular weight excluding hydrogens is 282 g/mol. The van der Waals surface area contributed by atoms with Crippen LogP contribution in [0.3, 0.4) is 0 Å². The van der Waals surface area contributed by atoms with E-state index < -0.39 is 18.4 Å². The molecule has 0 aliphatic carbocycles. The Hall–Kier alpha value is -0.560. The molecule has 0 aliphatic rings. The average molecular weight is 290 g/mol. The van der Waals surface area contributed by atoms with Crippen LogP contribution in [-0.4, -0.2) is 19.4 Å². The van der Waals surface area contributed by atoms with Crippen LogP contribution in [0.4, 0.5) is 17.6 Å². The minimum atomic E-state index is -4.17. The Labute approximate surface area is 91.8 Å². The van der Waals surface area contributed by atoms with Crippen molar-refractivity contribution in [3.63, 3.8) is 0 Å². The number of alkyl halides is 4. The van der Waals surface area contributed by atoms with Crippen molar-refractivity contribution >= 4 is 15.9 Å². The molecule has 1 unspecified atom stereocenters. The minimum absolute atomic E-state index is 0.211. The van der Waals surface area contributed by atoms with Crippen molar-refractivity contribution in [3.05, 3.63) is 22.6 Å². The Morgan fingerprint density at radius 1 is 1.40 bits per heavy atom. The molecule has 1 aromatic heterocycles. The second-order valence-electron chi connectivity index (χ2n) is 2.84. The fraction of sp³-hybridized carbons (Fsp3) is 0.500. The Morgan fingerprint density at radius 3 is 2.33 bits per heavy atom. The molecule has 1 heterocycles. The van der Waals surface area contributed by atoms with E-state index in [0.717, 1.165) is 7.05 Å². The van der Waals surface area contributed by atoms with Crippen molar-refractivity contribution in [3.8, 4) is 0 Å². The summed E-state index contributed by atoms with van der Waals surface area (Å²) in [4.78, 5) is 0. The normalized spacial score (nSPS) is 14.6. The van der Waals surface area contributed by atoms with E-state index in [1.165, 1.54) is 12.1 Å². The van der Waals surface area contributed by atoms with Gasteiger partial charge in [0.1, 0.15) is 11.8 Å². The lowest BCUT2D eigenvalue weighted by Gasteiger charge is -2.23. The molecule has 0 aromatic carbocycles. The predicted molar refractivity (Wildman–Crippen MR) is 49.2 cm³/mol. The van der Waals surface area contributed by atoms with E-state index in [-0.39, 0.29) is 10.4 Å². The fourth-order valence-corrected chi connectivity index (χ4v) is 1.45. The van der Waals surface area contributed by atoms with Crippen LogP contribution in [0.2, 0.25) is 0 Å². The molecule has 1 N–H and O–H groups in total. The Balaban J connectivity index is 2.98. The third-order valence-corrected chi connectivity index (χ3v) is 2.27. The minimum Gasteiger partial charge on any atom is -0.452 e. The van der Waals surface area contributed by atoms with Gasteiger partial charge in [0.25, 0.3) is 0 Å². The van der Waals surface area contributed by atoms with Crippen molar-refractivity contribution in [1.29, 1.82) is 0 Å². The maximum atomic E-state index is 13.0. The zero-order valence-corrected chi connectivity index (χ0v) is 9.19. The van der Waals surface area contributed by atoms with E-state index in [1.54, 1.807) is 0 Å². The van der Waals surface area contributed by atoms with Crippen LogP contribution in [0.5, 0.6) is 0 Å². The lowest BCUT2D eigenvalue weighted by molar-refractivity contribution is -0.153. The van der Waals surface area contributed by atoms with Crippen LogP contribution in [0.25, 0.3) is 0 Å². The molecule has 0 bridgehead atoms. The first-order chi connectivity index (χ1) is 6.89. The van der Waals surface area contributed by atoms with Gasteiger partial charge in [-0.2, -0.15) is 8.78 Å². The van der Waals surface area contributed by atoms with E-state index in [1.807, 2.05) is 0 Å². The summed E-state index contributed by atoms with van der Waals surface area (Å²) < 4.78 is 55.3. The maximum Gasteiger partial charge on any atom is 0.329 e. The van der Waals surface area contributed by atoms with Gasteiger partial charge in [0.15, 0.2) is 4.67 Å². The highest BCUT2D eigenvalue weighted by molar-refractivity contribution is 9.10. The highest BCUT2D eigenvalue weighted by Crippen LogP contribution is 2.37. The summed E-state index contributed by atoms with van der Waals surface area (Å²) in [7, 11) is 1.16. The first-order valence-corrected chi connectivity index (χ1v) is 4.77. The van der Waals surface area contributed by atoms with E-state index in [4.69, 9.17) is 4.42 Å².